The van der Waals surface area contributed by atoms with Gasteiger partial charge in [0, 0.05) is 11.9 Å². The molecule has 0 bridgehead atoms. The molecular weight excluding hydrogens is 334 g/mol. The van der Waals surface area contributed by atoms with Crippen molar-refractivity contribution in [1.29, 1.82) is 0 Å². The molecule has 0 spiro atoms. The van der Waals surface area contributed by atoms with Crippen molar-refractivity contribution in [3.05, 3.63) is 52.2 Å². The number of benzene rings is 1. The van der Waals surface area contributed by atoms with E-state index in [4.69, 9.17) is 0 Å². The van der Waals surface area contributed by atoms with Gasteiger partial charge in [-0.15, -0.1) is 0 Å². The molecule has 0 radical (unpaired) electrons. The smallest absolute Gasteiger partial charge is 0.207 e. The molecule has 0 amide bonds. The third-order valence-corrected chi connectivity index (χ3v) is 5.23. The van der Waals surface area contributed by atoms with Crippen LogP contribution in [-0.2, 0) is 21.9 Å². The van der Waals surface area contributed by atoms with E-state index in [9.17, 15) is 8.42 Å². The highest BCUT2D eigenvalue weighted by Crippen LogP contribution is 2.13. The fourth-order valence-corrected chi connectivity index (χ4v) is 3.47. The molecule has 6 heteroatoms. The molecule has 1 aromatic heterocycles. The Morgan fingerprint density at radius 2 is 1.83 bits per heavy atom. The van der Waals surface area contributed by atoms with Crippen molar-refractivity contribution in [3.63, 3.8) is 0 Å². The molecule has 0 aliphatic carbocycles. The Morgan fingerprint density at radius 3 is 2.39 bits per heavy atom. The molecule has 96 valence electrons. The van der Waals surface area contributed by atoms with Gasteiger partial charge in [0.1, 0.15) is 0 Å². The van der Waals surface area contributed by atoms with Gasteiger partial charge in [0.25, 0.3) is 0 Å². The van der Waals surface area contributed by atoms with E-state index < -0.39 is 10.0 Å². The summed E-state index contributed by atoms with van der Waals surface area (Å²) in [6.45, 7) is 0.325. The summed E-state index contributed by atoms with van der Waals surface area (Å²) < 4.78 is 26.6. The van der Waals surface area contributed by atoms with Gasteiger partial charge in [-0.25, -0.2) is 13.1 Å². The Kier molecular flexibility index (Phi) is 4.55. The predicted octanol–water partition coefficient (Wildman–Crippen LogP) is 3.12. The standard InChI is InChI=1S/C12H12BrNO2S2/c13-7-10-1-3-12(4-2-10)18(15,16)14-8-11-5-6-17-9-11/h1-6,9,14H,7-8H2. The van der Waals surface area contributed by atoms with E-state index in [0.29, 0.717) is 11.4 Å². The topological polar surface area (TPSA) is 46.2 Å². The van der Waals surface area contributed by atoms with Crippen LogP contribution in [0.2, 0.25) is 0 Å². The molecular formula is C12H12BrNO2S2. The van der Waals surface area contributed by atoms with Crippen LogP contribution in [0.4, 0.5) is 0 Å². The minimum atomic E-state index is -3.42. The normalized spacial score (nSPS) is 11.6. The quantitative estimate of drug-likeness (QED) is 0.846. The molecule has 0 aliphatic rings. The van der Waals surface area contributed by atoms with Gasteiger partial charge in [0.05, 0.1) is 4.90 Å². The van der Waals surface area contributed by atoms with Crippen LogP contribution in [0.1, 0.15) is 11.1 Å². The van der Waals surface area contributed by atoms with Gasteiger partial charge in [-0.1, -0.05) is 28.1 Å². The third kappa shape index (κ3) is 3.41. The molecule has 2 aromatic rings. The molecule has 1 aromatic carbocycles. The minimum absolute atomic E-state index is 0.294. The van der Waals surface area contributed by atoms with E-state index in [2.05, 4.69) is 20.7 Å². The van der Waals surface area contributed by atoms with Crippen LogP contribution in [0.5, 0.6) is 0 Å². The lowest BCUT2D eigenvalue weighted by molar-refractivity contribution is 0.581. The molecule has 18 heavy (non-hydrogen) atoms. The zero-order valence-corrected chi connectivity index (χ0v) is 12.7. The van der Waals surface area contributed by atoms with Gasteiger partial charge in [0.2, 0.25) is 10.0 Å². The maximum Gasteiger partial charge on any atom is 0.240 e. The summed E-state index contributed by atoms with van der Waals surface area (Å²) in [6, 6.07) is 8.74. The van der Waals surface area contributed by atoms with E-state index in [0.717, 1.165) is 16.5 Å². The zero-order chi connectivity index (χ0) is 13.0. The van der Waals surface area contributed by atoms with Crippen molar-refractivity contribution >= 4 is 37.3 Å². The molecule has 0 aliphatic heterocycles. The minimum Gasteiger partial charge on any atom is -0.207 e. The maximum atomic E-state index is 12.0. The highest BCUT2D eigenvalue weighted by Gasteiger charge is 2.13. The molecule has 2 rings (SSSR count). The van der Waals surface area contributed by atoms with E-state index in [1.807, 2.05) is 16.8 Å². The lowest BCUT2D eigenvalue weighted by Crippen LogP contribution is -2.22. The van der Waals surface area contributed by atoms with Crippen LogP contribution in [0, 0.1) is 0 Å². The number of rotatable bonds is 5. The zero-order valence-electron chi connectivity index (χ0n) is 9.47. The van der Waals surface area contributed by atoms with Gasteiger partial charge in [-0.05, 0) is 40.1 Å². The molecule has 3 nitrogen and oxygen atoms in total. The van der Waals surface area contributed by atoms with E-state index in [-0.39, 0.29) is 0 Å². The van der Waals surface area contributed by atoms with Crippen molar-refractivity contribution in [1.82, 2.24) is 4.72 Å². The van der Waals surface area contributed by atoms with Crippen LogP contribution < -0.4 is 4.72 Å². The second kappa shape index (κ2) is 5.97. The Morgan fingerprint density at radius 1 is 1.11 bits per heavy atom. The van der Waals surface area contributed by atoms with Crippen LogP contribution in [0.3, 0.4) is 0 Å². The average Bonchev–Trinajstić information content (AvgIpc) is 2.90. The molecule has 0 saturated carbocycles. The second-order valence-electron chi connectivity index (χ2n) is 3.73. The van der Waals surface area contributed by atoms with Crippen LogP contribution in [0.25, 0.3) is 0 Å². The summed E-state index contributed by atoms with van der Waals surface area (Å²) in [7, 11) is -3.42. The first-order valence-electron chi connectivity index (χ1n) is 5.27. The molecule has 0 saturated heterocycles. The lowest BCUT2D eigenvalue weighted by atomic mass is 10.2. The van der Waals surface area contributed by atoms with Crippen LogP contribution >= 0.6 is 27.3 Å². The van der Waals surface area contributed by atoms with Crippen molar-refractivity contribution in [2.75, 3.05) is 0 Å². The SMILES string of the molecule is O=S(=O)(NCc1ccsc1)c1ccc(CBr)cc1. The van der Waals surface area contributed by atoms with E-state index >= 15 is 0 Å². The largest absolute Gasteiger partial charge is 0.240 e. The summed E-state index contributed by atoms with van der Waals surface area (Å²) in [5.41, 5.74) is 2.02. The molecule has 0 unspecified atom stereocenters. The number of hydrogen-bond acceptors (Lipinski definition) is 3. The van der Waals surface area contributed by atoms with Gasteiger partial charge in [0.15, 0.2) is 0 Å². The number of halogens is 1. The first-order valence-corrected chi connectivity index (χ1v) is 8.82. The van der Waals surface area contributed by atoms with Crippen molar-refractivity contribution in [2.24, 2.45) is 0 Å². The Hall–Kier alpha value is -0.690. The van der Waals surface area contributed by atoms with Crippen molar-refractivity contribution in [2.45, 2.75) is 16.8 Å². The molecule has 0 fully saturated rings. The van der Waals surface area contributed by atoms with Gasteiger partial charge in [-0.3, -0.25) is 0 Å². The average molecular weight is 346 g/mol. The summed E-state index contributed by atoms with van der Waals surface area (Å²) in [4.78, 5) is 0.294. The van der Waals surface area contributed by atoms with Crippen molar-refractivity contribution < 1.29 is 8.42 Å². The predicted molar refractivity (Wildman–Crippen MR) is 77.4 cm³/mol. The summed E-state index contributed by atoms with van der Waals surface area (Å²) in [5.74, 6) is 0. The number of sulfonamides is 1. The lowest BCUT2D eigenvalue weighted by Gasteiger charge is -2.06. The van der Waals surface area contributed by atoms with Gasteiger partial charge < -0.3 is 0 Å². The summed E-state index contributed by atoms with van der Waals surface area (Å²) >= 11 is 4.88. The third-order valence-electron chi connectivity index (χ3n) is 2.43. The monoisotopic (exact) mass is 345 g/mol. The second-order valence-corrected chi connectivity index (χ2v) is 6.84. The summed E-state index contributed by atoms with van der Waals surface area (Å²) in [5, 5.41) is 4.57. The highest BCUT2D eigenvalue weighted by atomic mass is 79.9. The molecule has 0 atom stereocenters. The Balaban J connectivity index is 2.09. The first-order chi connectivity index (χ1) is 8.62. The van der Waals surface area contributed by atoms with E-state index in [1.54, 1.807) is 35.6 Å². The highest BCUT2D eigenvalue weighted by molar-refractivity contribution is 9.08. The van der Waals surface area contributed by atoms with Gasteiger partial charge in [-0.2, -0.15) is 11.3 Å². The summed E-state index contributed by atoms with van der Waals surface area (Å²) in [6.07, 6.45) is 0. The van der Waals surface area contributed by atoms with Crippen LogP contribution in [0.15, 0.2) is 46.0 Å². The Bertz CT molecular complexity index is 592. The Labute approximate surface area is 119 Å². The molecule has 1 heterocycles. The number of alkyl halides is 1. The fourth-order valence-electron chi connectivity index (χ4n) is 1.41. The van der Waals surface area contributed by atoms with E-state index in [1.165, 1.54) is 0 Å². The molecule has 1 N–H and O–H groups in total. The number of hydrogen-bond donors (Lipinski definition) is 1. The van der Waals surface area contributed by atoms with Crippen LogP contribution in [-0.4, -0.2) is 8.42 Å². The van der Waals surface area contributed by atoms with Gasteiger partial charge >= 0.3 is 0 Å². The number of thiophene rings is 1. The fraction of sp³-hybridized carbons (Fsp3) is 0.167. The first kappa shape index (κ1) is 13.7. The maximum absolute atomic E-state index is 12.0. The number of nitrogens with one attached hydrogen (secondary N) is 1. The van der Waals surface area contributed by atoms with Crippen molar-refractivity contribution in [3.8, 4) is 0 Å².